The van der Waals surface area contributed by atoms with Crippen LogP contribution in [0.15, 0.2) is 24.3 Å². The fourth-order valence-corrected chi connectivity index (χ4v) is 4.28. The average Bonchev–Trinajstić information content (AvgIpc) is 2.91. The quantitative estimate of drug-likeness (QED) is 0.718. The Labute approximate surface area is 142 Å². The molecule has 1 heterocycles. The van der Waals surface area contributed by atoms with E-state index in [0.717, 1.165) is 5.69 Å². The number of rotatable bonds is 5. The van der Waals surface area contributed by atoms with Crippen LogP contribution in [0.1, 0.15) is 16.8 Å². The van der Waals surface area contributed by atoms with Gasteiger partial charge in [-0.05, 0) is 24.6 Å². The third-order valence-electron chi connectivity index (χ3n) is 4.07. The topological polar surface area (TPSA) is 84.0 Å². The normalized spacial score (nSPS) is 18.9. The lowest BCUT2D eigenvalue weighted by Gasteiger charge is -2.23. The number of likely N-dealkylation sites (N-methyl/N-ethyl adjacent to an activating group) is 1. The number of benzene rings is 1. The van der Waals surface area contributed by atoms with Crippen molar-refractivity contribution in [2.24, 2.45) is 0 Å². The third kappa shape index (κ3) is 4.47. The molecule has 0 unspecified atom stereocenters. The zero-order valence-corrected chi connectivity index (χ0v) is 14.9. The van der Waals surface area contributed by atoms with Crippen molar-refractivity contribution in [2.75, 3.05) is 44.2 Å². The van der Waals surface area contributed by atoms with Crippen LogP contribution in [0.3, 0.4) is 0 Å². The lowest BCUT2D eigenvalue weighted by Crippen LogP contribution is -2.40. The second kappa shape index (κ2) is 7.21. The van der Waals surface area contributed by atoms with Gasteiger partial charge in [0, 0.05) is 32.9 Å². The maximum atomic E-state index is 12.1. The second-order valence-electron chi connectivity index (χ2n) is 6.08. The highest BCUT2D eigenvalue weighted by Gasteiger charge is 2.32. The first-order valence-corrected chi connectivity index (χ1v) is 9.42. The summed E-state index contributed by atoms with van der Waals surface area (Å²) in [5.41, 5.74) is 1.21. The van der Waals surface area contributed by atoms with Gasteiger partial charge in [0.1, 0.15) is 0 Å². The molecule has 132 valence electrons. The molecule has 7 nitrogen and oxygen atoms in total. The fourth-order valence-electron chi connectivity index (χ4n) is 2.51. The summed E-state index contributed by atoms with van der Waals surface area (Å²) in [5.74, 6) is -0.936. The zero-order chi connectivity index (χ0) is 17.9. The van der Waals surface area contributed by atoms with Gasteiger partial charge in [0.15, 0.2) is 16.4 Å². The first kappa shape index (κ1) is 18.3. The van der Waals surface area contributed by atoms with Crippen molar-refractivity contribution < 1.29 is 22.7 Å². The molecule has 0 spiro atoms. The zero-order valence-electron chi connectivity index (χ0n) is 14.1. The van der Waals surface area contributed by atoms with Gasteiger partial charge in [-0.15, -0.1) is 0 Å². The summed E-state index contributed by atoms with van der Waals surface area (Å²) >= 11 is 0. The van der Waals surface area contributed by atoms with Crippen LogP contribution in [-0.2, 0) is 19.4 Å². The molecule has 8 heteroatoms. The number of sulfone groups is 1. The molecular weight excluding hydrogens is 332 g/mol. The van der Waals surface area contributed by atoms with Crippen LogP contribution in [0.5, 0.6) is 0 Å². The molecule has 1 amide bonds. The highest BCUT2D eigenvalue weighted by molar-refractivity contribution is 7.91. The van der Waals surface area contributed by atoms with Gasteiger partial charge < -0.3 is 14.5 Å². The minimum atomic E-state index is -3.07. The third-order valence-corrected chi connectivity index (χ3v) is 5.82. The standard InChI is InChI=1S/C16H22N2O5S/c1-17(2)13-6-4-5-12(9-13)16(20)23-10-15(19)18(3)14-7-8-24(21,22)11-14/h4-6,9,14H,7-8,10-11H2,1-3H3/t14-/m1/s1. The Balaban J connectivity index is 1.91. The average molecular weight is 354 g/mol. The Hall–Kier alpha value is -2.09. The van der Waals surface area contributed by atoms with Gasteiger partial charge in [-0.1, -0.05) is 6.07 Å². The van der Waals surface area contributed by atoms with Crippen molar-refractivity contribution in [3.8, 4) is 0 Å². The van der Waals surface area contributed by atoms with E-state index in [4.69, 9.17) is 4.74 Å². The van der Waals surface area contributed by atoms with E-state index >= 15 is 0 Å². The summed E-state index contributed by atoms with van der Waals surface area (Å²) in [7, 11) is 2.19. The van der Waals surface area contributed by atoms with Gasteiger partial charge in [0.25, 0.3) is 5.91 Å². The van der Waals surface area contributed by atoms with E-state index in [0.29, 0.717) is 12.0 Å². The molecule has 0 saturated carbocycles. The molecular formula is C16H22N2O5S. The van der Waals surface area contributed by atoms with Crippen LogP contribution in [0, 0.1) is 0 Å². The number of carbonyl (C=O) groups is 2. The van der Waals surface area contributed by atoms with E-state index in [-0.39, 0.29) is 17.5 Å². The van der Waals surface area contributed by atoms with Gasteiger partial charge in [-0.3, -0.25) is 4.79 Å². The Kier molecular flexibility index (Phi) is 5.48. The number of hydrogen-bond acceptors (Lipinski definition) is 6. The van der Waals surface area contributed by atoms with Crippen LogP contribution >= 0.6 is 0 Å². The Morgan fingerprint density at radius 1 is 1.25 bits per heavy atom. The summed E-state index contributed by atoms with van der Waals surface area (Å²) in [6.45, 7) is -0.405. The lowest BCUT2D eigenvalue weighted by atomic mass is 10.2. The number of hydrogen-bond donors (Lipinski definition) is 0. The Morgan fingerprint density at radius 2 is 1.96 bits per heavy atom. The molecule has 0 radical (unpaired) electrons. The molecule has 2 rings (SSSR count). The second-order valence-corrected chi connectivity index (χ2v) is 8.31. The molecule has 1 aromatic rings. The van der Waals surface area contributed by atoms with Crippen molar-refractivity contribution in [2.45, 2.75) is 12.5 Å². The monoisotopic (exact) mass is 354 g/mol. The van der Waals surface area contributed by atoms with Crippen LogP contribution < -0.4 is 4.90 Å². The molecule has 0 N–H and O–H groups in total. The van der Waals surface area contributed by atoms with E-state index in [1.54, 1.807) is 18.2 Å². The van der Waals surface area contributed by atoms with Crippen LogP contribution in [0.25, 0.3) is 0 Å². The highest BCUT2D eigenvalue weighted by atomic mass is 32.2. The SMILES string of the molecule is CN(C)c1cccc(C(=O)OCC(=O)N(C)[C@@H]2CCS(=O)(=O)C2)c1. The fraction of sp³-hybridized carbons (Fsp3) is 0.500. The predicted octanol–water partition coefficient (Wildman–Crippen LogP) is 0.555. The van der Waals surface area contributed by atoms with E-state index in [1.165, 1.54) is 11.9 Å². The van der Waals surface area contributed by atoms with E-state index in [9.17, 15) is 18.0 Å². The summed E-state index contributed by atoms with van der Waals surface area (Å²) in [6.07, 6.45) is 0.420. The van der Waals surface area contributed by atoms with Crippen molar-refractivity contribution in [1.82, 2.24) is 4.90 Å². The molecule has 0 aliphatic carbocycles. The van der Waals surface area contributed by atoms with Crippen LogP contribution in [0.4, 0.5) is 5.69 Å². The number of ether oxygens (including phenoxy) is 1. The largest absolute Gasteiger partial charge is 0.452 e. The van der Waals surface area contributed by atoms with Gasteiger partial charge in [0.05, 0.1) is 17.1 Å². The Bertz CT molecular complexity index is 730. The number of carbonyl (C=O) groups excluding carboxylic acids is 2. The van der Waals surface area contributed by atoms with Crippen molar-refractivity contribution in [3.05, 3.63) is 29.8 Å². The predicted molar refractivity (Wildman–Crippen MR) is 90.9 cm³/mol. The minimum Gasteiger partial charge on any atom is -0.452 e. The minimum absolute atomic E-state index is 0.0337. The maximum absolute atomic E-state index is 12.1. The van der Waals surface area contributed by atoms with Crippen LogP contribution in [-0.4, -0.2) is 70.5 Å². The molecule has 1 aliphatic rings. The van der Waals surface area contributed by atoms with Gasteiger partial charge in [0.2, 0.25) is 0 Å². The van der Waals surface area contributed by atoms with E-state index in [1.807, 2.05) is 25.1 Å². The van der Waals surface area contributed by atoms with Crippen molar-refractivity contribution in [3.63, 3.8) is 0 Å². The Morgan fingerprint density at radius 3 is 2.54 bits per heavy atom. The molecule has 24 heavy (non-hydrogen) atoms. The van der Waals surface area contributed by atoms with E-state index in [2.05, 4.69) is 0 Å². The summed E-state index contributed by atoms with van der Waals surface area (Å²) in [4.78, 5) is 27.4. The number of amides is 1. The van der Waals surface area contributed by atoms with Crippen LogP contribution in [0.2, 0.25) is 0 Å². The molecule has 1 atom stereocenters. The lowest BCUT2D eigenvalue weighted by molar-refractivity contribution is -0.134. The maximum Gasteiger partial charge on any atom is 0.338 e. The first-order valence-electron chi connectivity index (χ1n) is 7.60. The highest BCUT2D eigenvalue weighted by Crippen LogP contribution is 2.17. The molecule has 1 fully saturated rings. The van der Waals surface area contributed by atoms with Crippen molar-refractivity contribution in [1.29, 1.82) is 0 Å². The van der Waals surface area contributed by atoms with Gasteiger partial charge >= 0.3 is 5.97 Å². The smallest absolute Gasteiger partial charge is 0.338 e. The summed E-state index contributed by atoms with van der Waals surface area (Å²) in [5, 5.41) is 0. The molecule has 1 saturated heterocycles. The van der Waals surface area contributed by atoms with Gasteiger partial charge in [-0.2, -0.15) is 0 Å². The number of anilines is 1. The summed E-state index contributed by atoms with van der Waals surface area (Å²) < 4.78 is 28.0. The van der Waals surface area contributed by atoms with Crippen molar-refractivity contribution >= 4 is 27.4 Å². The molecule has 0 bridgehead atoms. The first-order chi connectivity index (χ1) is 11.2. The summed E-state index contributed by atoms with van der Waals surface area (Å²) in [6, 6.07) is 6.55. The number of esters is 1. The molecule has 1 aromatic carbocycles. The number of nitrogens with zero attached hydrogens (tertiary/aromatic N) is 2. The van der Waals surface area contributed by atoms with E-state index < -0.39 is 28.3 Å². The molecule has 0 aromatic heterocycles. The van der Waals surface area contributed by atoms with Gasteiger partial charge in [-0.25, -0.2) is 13.2 Å². The molecule has 1 aliphatic heterocycles.